The fourth-order valence-corrected chi connectivity index (χ4v) is 2.30. The maximum Gasteiger partial charge on any atom is 0.309 e. The van der Waals surface area contributed by atoms with Crippen LogP contribution in [0.4, 0.5) is 0 Å². The zero-order chi connectivity index (χ0) is 13.4. The molecule has 0 bridgehead atoms. The number of methoxy groups -OCH3 is 1. The molecule has 18 heavy (non-hydrogen) atoms. The largest absolute Gasteiger partial charge is 0.469 e. The highest BCUT2D eigenvalue weighted by Crippen LogP contribution is 2.32. The molecule has 0 aromatic carbocycles. The molecule has 1 fully saturated rings. The third kappa shape index (κ3) is 3.99. The number of ether oxygens (including phenoxy) is 1. The lowest BCUT2D eigenvalue weighted by molar-refractivity contribution is -0.147. The molecule has 0 spiro atoms. The van der Waals surface area contributed by atoms with Crippen LogP contribution in [0.2, 0.25) is 0 Å². The van der Waals surface area contributed by atoms with E-state index in [1.54, 1.807) is 0 Å². The summed E-state index contributed by atoms with van der Waals surface area (Å²) < 4.78 is 4.72. The third-order valence-electron chi connectivity index (χ3n) is 3.32. The number of carbonyl (C=O) groups is 2. The number of nitrogens with zero attached hydrogens (tertiary/aromatic N) is 1. The van der Waals surface area contributed by atoms with Crippen LogP contribution in [0, 0.1) is 23.2 Å². The number of hydrogen-bond donors (Lipinski definition) is 0. The number of rotatable bonds is 6. The molecule has 1 aliphatic carbocycles. The van der Waals surface area contributed by atoms with Crippen molar-refractivity contribution in [2.75, 3.05) is 7.11 Å². The Hall–Kier alpha value is -1.63. The average Bonchev–Trinajstić information content (AvgIpc) is 2.74. The number of esters is 1. The molecule has 0 aromatic heterocycles. The number of Topliss-reactive ketones (excluding diaryl/α,β-unsaturated/α-hetero) is 1. The van der Waals surface area contributed by atoms with Crippen molar-refractivity contribution in [3.05, 3.63) is 12.2 Å². The highest BCUT2D eigenvalue weighted by atomic mass is 16.5. The second kappa shape index (κ2) is 7.65. The summed E-state index contributed by atoms with van der Waals surface area (Å²) in [6, 6.07) is 2.09. The third-order valence-corrected chi connectivity index (χ3v) is 3.32. The van der Waals surface area contributed by atoms with Gasteiger partial charge in [-0.15, -0.1) is 0 Å². The van der Waals surface area contributed by atoms with Crippen molar-refractivity contribution < 1.29 is 14.3 Å². The summed E-state index contributed by atoms with van der Waals surface area (Å²) in [5, 5.41) is 8.38. The van der Waals surface area contributed by atoms with Crippen molar-refractivity contribution in [2.24, 2.45) is 11.8 Å². The minimum atomic E-state index is -0.274. The molecule has 0 heterocycles. The molecule has 0 saturated heterocycles. The van der Waals surface area contributed by atoms with E-state index < -0.39 is 0 Å². The first-order chi connectivity index (χ1) is 8.70. The zero-order valence-electron chi connectivity index (χ0n) is 10.7. The van der Waals surface area contributed by atoms with Crippen molar-refractivity contribution in [3.63, 3.8) is 0 Å². The standard InChI is InChI=1S/C14H19NO3/c1-18-14(17)12-8-9-13(16)11(12)7-5-3-2-4-6-10-15/h3,5,11-12H,2,4,6-9H2,1H3/b5-3-/t11-,12+/m1/s1. The Morgan fingerprint density at radius 3 is 3.00 bits per heavy atom. The molecule has 98 valence electrons. The first-order valence-corrected chi connectivity index (χ1v) is 6.33. The summed E-state index contributed by atoms with van der Waals surface area (Å²) in [5.41, 5.74) is 0. The Labute approximate surface area is 108 Å². The van der Waals surface area contributed by atoms with Gasteiger partial charge < -0.3 is 4.74 Å². The molecule has 1 aliphatic rings. The number of hydrogen-bond acceptors (Lipinski definition) is 4. The van der Waals surface area contributed by atoms with E-state index in [9.17, 15) is 9.59 Å². The van der Waals surface area contributed by atoms with Gasteiger partial charge in [0.2, 0.25) is 0 Å². The topological polar surface area (TPSA) is 67.2 Å². The highest BCUT2D eigenvalue weighted by Gasteiger charge is 2.38. The number of nitriles is 1. The maximum absolute atomic E-state index is 11.7. The van der Waals surface area contributed by atoms with Gasteiger partial charge >= 0.3 is 5.97 Å². The van der Waals surface area contributed by atoms with Gasteiger partial charge in [0.15, 0.2) is 0 Å². The maximum atomic E-state index is 11.7. The van der Waals surface area contributed by atoms with E-state index in [0.29, 0.717) is 25.7 Å². The Balaban J connectivity index is 2.41. The van der Waals surface area contributed by atoms with E-state index in [1.165, 1.54) is 7.11 Å². The molecule has 0 amide bonds. The van der Waals surface area contributed by atoms with E-state index in [1.807, 2.05) is 12.2 Å². The first kappa shape index (κ1) is 14.4. The van der Waals surface area contributed by atoms with Crippen molar-refractivity contribution in [3.8, 4) is 6.07 Å². The van der Waals surface area contributed by atoms with Gasteiger partial charge in [-0.05, 0) is 25.7 Å². The summed E-state index contributed by atoms with van der Waals surface area (Å²) in [6.45, 7) is 0. The van der Waals surface area contributed by atoms with Crippen molar-refractivity contribution in [2.45, 2.75) is 38.5 Å². The second-order valence-electron chi connectivity index (χ2n) is 4.50. The molecule has 1 rings (SSSR count). The molecule has 4 heteroatoms. The van der Waals surface area contributed by atoms with Gasteiger partial charge in [0.1, 0.15) is 5.78 Å². The van der Waals surface area contributed by atoms with Gasteiger partial charge in [0.25, 0.3) is 0 Å². The monoisotopic (exact) mass is 249 g/mol. The van der Waals surface area contributed by atoms with E-state index in [0.717, 1.165) is 12.8 Å². The van der Waals surface area contributed by atoms with Gasteiger partial charge in [0, 0.05) is 18.8 Å². The number of carbonyl (C=O) groups excluding carboxylic acids is 2. The van der Waals surface area contributed by atoms with Crippen LogP contribution in [0.1, 0.15) is 38.5 Å². The highest BCUT2D eigenvalue weighted by molar-refractivity contribution is 5.90. The second-order valence-corrected chi connectivity index (χ2v) is 4.50. The quantitative estimate of drug-likeness (QED) is 0.412. The van der Waals surface area contributed by atoms with Crippen LogP contribution in [0.15, 0.2) is 12.2 Å². The summed E-state index contributed by atoms with van der Waals surface area (Å²) in [5.74, 6) is -0.605. The molecule has 0 aromatic rings. The number of unbranched alkanes of at least 4 members (excludes halogenated alkanes) is 2. The van der Waals surface area contributed by atoms with Crippen molar-refractivity contribution >= 4 is 11.8 Å². The van der Waals surface area contributed by atoms with Crippen LogP contribution < -0.4 is 0 Å². The molecule has 0 unspecified atom stereocenters. The molecule has 1 saturated carbocycles. The Bertz CT molecular complexity index is 368. The molecule has 0 radical (unpaired) electrons. The van der Waals surface area contributed by atoms with Gasteiger partial charge in [-0.25, -0.2) is 0 Å². The summed E-state index contributed by atoms with van der Waals surface area (Å²) in [7, 11) is 1.36. The summed E-state index contributed by atoms with van der Waals surface area (Å²) in [4.78, 5) is 23.2. The lowest BCUT2D eigenvalue weighted by Crippen LogP contribution is -2.23. The summed E-state index contributed by atoms with van der Waals surface area (Å²) in [6.07, 6.45) is 7.86. The van der Waals surface area contributed by atoms with Crippen LogP contribution in [-0.2, 0) is 14.3 Å². The Kier molecular flexibility index (Phi) is 6.13. The van der Waals surface area contributed by atoms with Gasteiger partial charge in [-0.3, -0.25) is 9.59 Å². The SMILES string of the molecule is COC(=O)[C@H]1CCC(=O)[C@@H]1C/C=C\CCCC#N. The van der Waals surface area contributed by atoms with Crippen LogP contribution in [0.3, 0.4) is 0 Å². The minimum Gasteiger partial charge on any atom is -0.469 e. The van der Waals surface area contributed by atoms with Crippen LogP contribution in [0.5, 0.6) is 0 Å². The van der Waals surface area contributed by atoms with E-state index in [-0.39, 0.29) is 23.6 Å². The van der Waals surface area contributed by atoms with Crippen LogP contribution in [0.25, 0.3) is 0 Å². The zero-order valence-corrected chi connectivity index (χ0v) is 10.7. The fraction of sp³-hybridized carbons (Fsp3) is 0.643. The molecular weight excluding hydrogens is 230 g/mol. The molecule has 0 N–H and O–H groups in total. The number of ketones is 1. The predicted octanol–water partition coefficient (Wildman–Crippen LogP) is 2.39. The smallest absolute Gasteiger partial charge is 0.309 e. The Morgan fingerprint density at radius 2 is 2.33 bits per heavy atom. The lowest BCUT2D eigenvalue weighted by Gasteiger charge is -2.13. The average molecular weight is 249 g/mol. The van der Waals surface area contributed by atoms with Crippen LogP contribution >= 0.6 is 0 Å². The predicted molar refractivity (Wildman–Crippen MR) is 66.5 cm³/mol. The summed E-state index contributed by atoms with van der Waals surface area (Å²) >= 11 is 0. The first-order valence-electron chi connectivity index (χ1n) is 6.33. The van der Waals surface area contributed by atoms with Gasteiger partial charge in [-0.1, -0.05) is 12.2 Å². The number of allylic oxidation sites excluding steroid dienone is 2. The normalized spacial score (nSPS) is 23.2. The Morgan fingerprint density at radius 1 is 1.56 bits per heavy atom. The van der Waals surface area contributed by atoms with Crippen LogP contribution in [-0.4, -0.2) is 18.9 Å². The molecule has 4 nitrogen and oxygen atoms in total. The lowest BCUT2D eigenvalue weighted by atomic mass is 9.92. The molecule has 2 atom stereocenters. The minimum absolute atomic E-state index is 0.159. The van der Waals surface area contributed by atoms with Gasteiger partial charge in [0.05, 0.1) is 19.1 Å². The van der Waals surface area contributed by atoms with E-state index >= 15 is 0 Å². The van der Waals surface area contributed by atoms with Crippen molar-refractivity contribution in [1.82, 2.24) is 0 Å². The van der Waals surface area contributed by atoms with Gasteiger partial charge in [-0.2, -0.15) is 5.26 Å². The molecule has 0 aliphatic heterocycles. The fourth-order valence-electron chi connectivity index (χ4n) is 2.30. The molecular formula is C14H19NO3. The van der Waals surface area contributed by atoms with Crippen molar-refractivity contribution in [1.29, 1.82) is 5.26 Å². The van der Waals surface area contributed by atoms with E-state index in [2.05, 4.69) is 6.07 Å². The van der Waals surface area contributed by atoms with E-state index in [4.69, 9.17) is 10.00 Å².